The molecule has 2 atom stereocenters. The van der Waals surface area contributed by atoms with Gasteiger partial charge in [-0.1, -0.05) is 13.8 Å². The Morgan fingerprint density at radius 2 is 1.78 bits per heavy atom. The SMILES string of the molecule is CCNC(=O)C(C)NC(C)CCCN(CC)CC. The third kappa shape index (κ3) is 7.67. The third-order valence-electron chi connectivity index (χ3n) is 3.28. The van der Waals surface area contributed by atoms with Crippen molar-refractivity contribution in [3.05, 3.63) is 0 Å². The topological polar surface area (TPSA) is 44.4 Å². The highest BCUT2D eigenvalue weighted by molar-refractivity contribution is 5.81. The molecule has 0 aliphatic heterocycles. The fraction of sp³-hybridized carbons (Fsp3) is 0.929. The van der Waals surface area contributed by atoms with Crippen LogP contribution in [-0.4, -0.2) is 49.1 Å². The van der Waals surface area contributed by atoms with Crippen molar-refractivity contribution in [1.29, 1.82) is 0 Å². The van der Waals surface area contributed by atoms with Crippen LogP contribution in [0.2, 0.25) is 0 Å². The van der Waals surface area contributed by atoms with E-state index in [4.69, 9.17) is 0 Å². The van der Waals surface area contributed by atoms with Crippen molar-refractivity contribution in [2.24, 2.45) is 0 Å². The molecule has 0 aliphatic rings. The average Bonchev–Trinajstić information content (AvgIpc) is 2.34. The molecule has 0 rings (SSSR count). The van der Waals surface area contributed by atoms with Gasteiger partial charge in [0.1, 0.15) is 0 Å². The minimum absolute atomic E-state index is 0.0908. The minimum atomic E-state index is -0.103. The molecule has 0 fully saturated rings. The molecule has 0 aromatic rings. The summed E-state index contributed by atoms with van der Waals surface area (Å²) in [7, 11) is 0. The Hall–Kier alpha value is -0.610. The van der Waals surface area contributed by atoms with E-state index in [0.717, 1.165) is 26.1 Å². The normalized spacial score (nSPS) is 14.6. The molecule has 0 aliphatic carbocycles. The van der Waals surface area contributed by atoms with E-state index in [1.807, 2.05) is 13.8 Å². The van der Waals surface area contributed by atoms with Gasteiger partial charge in [0, 0.05) is 12.6 Å². The Bertz CT molecular complexity index is 217. The molecule has 108 valence electrons. The number of rotatable bonds is 10. The summed E-state index contributed by atoms with van der Waals surface area (Å²) in [6.45, 7) is 14.5. The molecule has 18 heavy (non-hydrogen) atoms. The predicted molar refractivity (Wildman–Crippen MR) is 77.8 cm³/mol. The first-order valence-corrected chi connectivity index (χ1v) is 7.31. The van der Waals surface area contributed by atoms with Crippen LogP contribution in [-0.2, 0) is 4.79 Å². The summed E-state index contributed by atoms with van der Waals surface area (Å²) < 4.78 is 0. The molecule has 4 nitrogen and oxygen atoms in total. The quantitative estimate of drug-likeness (QED) is 0.625. The van der Waals surface area contributed by atoms with Gasteiger partial charge in [0.05, 0.1) is 6.04 Å². The summed E-state index contributed by atoms with van der Waals surface area (Å²) in [5.74, 6) is 0.0908. The van der Waals surface area contributed by atoms with Crippen LogP contribution in [0.1, 0.15) is 47.5 Å². The molecular formula is C14H31N3O. The van der Waals surface area contributed by atoms with Gasteiger partial charge in [0.25, 0.3) is 0 Å². The van der Waals surface area contributed by atoms with Gasteiger partial charge in [0.15, 0.2) is 0 Å². The van der Waals surface area contributed by atoms with Gasteiger partial charge in [-0.05, 0) is 53.2 Å². The van der Waals surface area contributed by atoms with E-state index in [-0.39, 0.29) is 11.9 Å². The number of hydrogen-bond acceptors (Lipinski definition) is 3. The lowest BCUT2D eigenvalue weighted by Gasteiger charge is -2.22. The zero-order valence-corrected chi connectivity index (χ0v) is 12.8. The van der Waals surface area contributed by atoms with Crippen molar-refractivity contribution in [3.8, 4) is 0 Å². The summed E-state index contributed by atoms with van der Waals surface area (Å²) >= 11 is 0. The number of amides is 1. The second-order valence-corrected chi connectivity index (χ2v) is 4.85. The van der Waals surface area contributed by atoms with Gasteiger partial charge in [-0.25, -0.2) is 0 Å². The summed E-state index contributed by atoms with van der Waals surface area (Å²) in [6, 6.07) is 0.284. The first-order valence-electron chi connectivity index (χ1n) is 7.31. The van der Waals surface area contributed by atoms with Crippen molar-refractivity contribution in [3.63, 3.8) is 0 Å². The maximum atomic E-state index is 11.6. The van der Waals surface area contributed by atoms with Crippen molar-refractivity contribution in [2.75, 3.05) is 26.2 Å². The van der Waals surface area contributed by atoms with Gasteiger partial charge in [-0.3, -0.25) is 4.79 Å². The van der Waals surface area contributed by atoms with E-state index in [2.05, 4.69) is 36.3 Å². The summed E-state index contributed by atoms with van der Waals surface area (Å²) in [4.78, 5) is 14.0. The number of hydrogen-bond donors (Lipinski definition) is 2. The molecule has 2 N–H and O–H groups in total. The third-order valence-corrected chi connectivity index (χ3v) is 3.28. The van der Waals surface area contributed by atoms with E-state index >= 15 is 0 Å². The Kier molecular flexibility index (Phi) is 9.98. The largest absolute Gasteiger partial charge is 0.355 e. The molecule has 0 spiro atoms. The van der Waals surface area contributed by atoms with Crippen LogP contribution in [0.3, 0.4) is 0 Å². The molecule has 0 aromatic heterocycles. The van der Waals surface area contributed by atoms with E-state index in [1.54, 1.807) is 0 Å². The minimum Gasteiger partial charge on any atom is -0.355 e. The van der Waals surface area contributed by atoms with Crippen LogP contribution < -0.4 is 10.6 Å². The molecular weight excluding hydrogens is 226 g/mol. The molecule has 0 heterocycles. The number of carbonyl (C=O) groups is 1. The van der Waals surface area contributed by atoms with Crippen molar-refractivity contribution >= 4 is 5.91 Å². The molecule has 0 aromatic carbocycles. The average molecular weight is 257 g/mol. The first-order chi connectivity index (χ1) is 8.54. The van der Waals surface area contributed by atoms with E-state index < -0.39 is 0 Å². The van der Waals surface area contributed by atoms with E-state index in [0.29, 0.717) is 12.6 Å². The molecule has 4 heteroatoms. The van der Waals surface area contributed by atoms with Gasteiger partial charge in [-0.15, -0.1) is 0 Å². The van der Waals surface area contributed by atoms with Crippen molar-refractivity contribution < 1.29 is 4.79 Å². The van der Waals surface area contributed by atoms with Gasteiger partial charge in [-0.2, -0.15) is 0 Å². The molecule has 0 saturated heterocycles. The zero-order valence-electron chi connectivity index (χ0n) is 12.8. The molecule has 0 saturated carbocycles. The van der Waals surface area contributed by atoms with Gasteiger partial charge in [0.2, 0.25) is 5.91 Å². The van der Waals surface area contributed by atoms with Crippen LogP contribution in [0.4, 0.5) is 0 Å². The fourth-order valence-electron chi connectivity index (χ4n) is 2.07. The highest BCUT2D eigenvalue weighted by atomic mass is 16.2. The van der Waals surface area contributed by atoms with Crippen LogP contribution >= 0.6 is 0 Å². The van der Waals surface area contributed by atoms with Crippen molar-refractivity contribution in [1.82, 2.24) is 15.5 Å². The predicted octanol–water partition coefficient (Wildman–Crippen LogP) is 1.61. The Morgan fingerprint density at radius 3 is 2.28 bits per heavy atom. The van der Waals surface area contributed by atoms with Crippen LogP contribution in [0.5, 0.6) is 0 Å². The van der Waals surface area contributed by atoms with Gasteiger partial charge < -0.3 is 15.5 Å². The molecule has 1 amide bonds. The van der Waals surface area contributed by atoms with Crippen molar-refractivity contribution in [2.45, 2.75) is 59.5 Å². The van der Waals surface area contributed by atoms with Crippen LogP contribution in [0.15, 0.2) is 0 Å². The first kappa shape index (κ1) is 17.4. The maximum Gasteiger partial charge on any atom is 0.236 e. The lowest BCUT2D eigenvalue weighted by atomic mass is 10.1. The molecule has 0 bridgehead atoms. The fourth-order valence-corrected chi connectivity index (χ4v) is 2.07. The number of nitrogens with zero attached hydrogens (tertiary/aromatic N) is 1. The number of nitrogens with one attached hydrogen (secondary N) is 2. The Labute approximate surface area is 113 Å². The van der Waals surface area contributed by atoms with E-state index in [9.17, 15) is 4.79 Å². The molecule has 0 radical (unpaired) electrons. The highest BCUT2D eigenvalue weighted by Crippen LogP contribution is 2.00. The maximum absolute atomic E-state index is 11.6. The zero-order chi connectivity index (χ0) is 14.0. The second kappa shape index (κ2) is 10.3. The monoisotopic (exact) mass is 257 g/mol. The second-order valence-electron chi connectivity index (χ2n) is 4.85. The smallest absolute Gasteiger partial charge is 0.236 e. The van der Waals surface area contributed by atoms with Gasteiger partial charge >= 0.3 is 0 Å². The Morgan fingerprint density at radius 1 is 1.17 bits per heavy atom. The summed E-state index contributed by atoms with van der Waals surface area (Å²) in [6.07, 6.45) is 2.29. The Balaban J connectivity index is 3.76. The lowest BCUT2D eigenvalue weighted by molar-refractivity contribution is -0.122. The van der Waals surface area contributed by atoms with E-state index in [1.165, 1.54) is 6.42 Å². The summed E-state index contributed by atoms with van der Waals surface area (Å²) in [5.41, 5.74) is 0. The highest BCUT2D eigenvalue weighted by Gasteiger charge is 2.14. The van der Waals surface area contributed by atoms with Crippen LogP contribution in [0, 0.1) is 0 Å². The molecule has 2 unspecified atom stereocenters. The standard InChI is InChI=1S/C14H31N3O/c1-6-15-14(18)13(5)16-12(4)10-9-11-17(7-2)8-3/h12-13,16H,6-11H2,1-5H3,(H,15,18). The number of likely N-dealkylation sites (N-methyl/N-ethyl adjacent to an activating group) is 1. The lowest BCUT2D eigenvalue weighted by Crippen LogP contribution is -2.45. The number of carbonyl (C=O) groups excluding carboxylic acids is 1. The van der Waals surface area contributed by atoms with Crippen LogP contribution in [0.25, 0.3) is 0 Å². The summed E-state index contributed by atoms with van der Waals surface area (Å²) in [5, 5.41) is 6.18.